The minimum atomic E-state index is 0.834. The van der Waals surface area contributed by atoms with E-state index in [9.17, 15) is 0 Å². The number of hydrogen-bond donors (Lipinski definition) is 1. The van der Waals surface area contributed by atoms with Crippen LogP contribution in [0.25, 0.3) is 10.9 Å². The first-order chi connectivity index (χ1) is 5.68. The molecule has 12 heavy (non-hydrogen) atoms. The van der Waals surface area contributed by atoms with E-state index in [0.29, 0.717) is 0 Å². The van der Waals surface area contributed by atoms with Gasteiger partial charge in [0.25, 0.3) is 0 Å². The maximum Gasteiger partial charge on any atom is 0.0676 e. The minimum Gasteiger partial charge on any atom is -0.357 e. The summed E-state index contributed by atoms with van der Waals surface area (Å²) in [6.07, 6.45) is 0. The second-order valence-electron chi connectivity index (χ2n) is 3.11. The van der Waals surface area contributed by atoms with E-state index in [2.05, 4.69) is 17.1 Å². The van der Waals surface area contributed by atoms with E-state index in [1.54, 1.807) is 0 Å². The third-order valence-corrected chi connectivity index (χ3v) is 2.55. The summed E-state index contributed by atoms with van der Waals surface area (Å²) in [6.45, 7) is 4.05. The molecule has 1 N–H and O–H groups in total. The van der Waals surface area contributed by atoms with Crippen LogP contribution in [0, 0.1) is 13.8 Å². The molecule has 62 valence electrons. The third-order valence-electron chi connectivity index (χ3n) is 2.06. The van der Waals surface area contributed by atoms with Gasteiger partial charge in [0.1, 0.15) is 0 Å². The van der Waals surface area contributed by atoms with Crippen LogP contribution < -0.4 is 0 Å². The molecule has 2 heteroatoms. The van der Waals surface area contributed by atoms with Crippen molar-refractivity contribution in [3.8, 4) is 0 Å². The molecule has 1 aromatic heterocycles. The largest absolute Gasteiger partial charge is 0.357 e. The number of halogens is 1. The number of nitrogens with one attached hydrogen (secondary N) is 1. The molecule has 1 heterocycles. The van der Waals surface area contributed by atoms with Crippen molar-refractivity contribution in [3.05, 3.63) is 34.5 Å². The van der Waals surface area contributed by atoms with Crippen molar-refractivity contribution < 1.29 is 0 Å². The molecule has 0 bridgehead atoms. The van der Waals surface area contributed by atoms with Crippen LogP contribution in [0.15, 0.2) is 18.2 Å². The molecule has 0 spiro atoms. The molecule has 0 fully saturated rings. The van der Waals surface area contributed by atoms with Gasteiger partial charge in [-0.3, -0.25) is 0 Å². The Morgan fingerprint density at radius 2 is 2.00 bits per heavy atom. The minimum absolute atomic E-state index is 0.834. The van der Waals surface area contributed by atoms with E-state index in [4.69, 9.17) is 11.6 Å². The number of H-pyrrole nitrogens is 1. The summed E-state index contributed by atoms with van der Waals surface area (Å²) in [4.78, 5) is 3.24. The lowest BCUT2D eigenvalue weighted by atomic mass is 10.2. The predicted octanol–water partition coefficient (Wildman–Crippen LogP) is 3.44. The number of aromatic nitrogens is 1. The molecule has 1 aromatic carbocycles. The van der Waals surface area contributed by atoms with Crippen molar-refractivity contribution in [1.29, 1.82) is 0 Å². The highest BCUT2D eigenvalue weighted by Crippen LogP contribution is 2.26. The Balaban J connectivity index is 2.89. The lowest BCUT2D eigenvalue weighted by Crippen LogP contribution is -1.76. The lowest BCUT2D eigenvalue weighted by Gasteiger charge is -1.97. The molecular weight excluding hydrogens is 170 g/mol. The maximum absolute atomic E-state index is 6.11. The Morgan fingerprint density at radius 3 is 2.75 bits per heavy atom. The van der Waals surface area contributed by atoms with E-state index in [1.807, 2.05) is 19.9 Å². The number of aromatic amines is 1. The molecule has 0 unspecified atom stereocenters. The lowest BCUT2D eigenvalue weighted by molar-refractivity contribution is 1.30. The van der Waals surface area contributed by atoms with Gasteiger partial charge < -0.3 is 4.98 Å². The SMILES string of the molecule is Cc1cc2ccc(C)c(Cl)c2[nH]1. The first kappa shape index (κ1) is 7.69. The number of rotatable bonds is 0. The standard InChI is InChI=1S/C10H10ClN/c1-6-3-4-8-5-7(2)12-10(8)9(6)11/h3-5,12H,1-2H3. The smallest absolute Gasteiger partial charge is 0.0676 e. The fourth-order valence-corrected chi connectivity index (χ4v) is 1.63. The number of fused-ring (bicyclic) bond motifs is 1. The van der Waals surface area contributed by atoms with E-state index in [1.165, 1.54) is 5.39 Å². The summed E-state index contributed by atoms with van der Waals surface area (Å²) in [7, 11) is 0. The number of aryl methyl sites for hydroxylation is 2. The molecule has 0 aliphatic heterocycles. The molecule has 0 radical (unpaired) electrons. The highest BCUT2D eigenvalue weighted by atomic mass is 35.5. The predicted molar refractivity (Wildman–Crippen MR) is 52.8 cm³/mol. The topological polar surface area (TPSA) is 15.8 Å². The highest BCUT2D eigenvalue weighted by Gasteiger charge is 2.03. The Morgan fingerprint density at radius 1 is 1.25 bits per heavy atom. The van der Waals surface area contributed by atoms with E-state index < -0.39 is 0 Å². The molecule has 2 rings (SSSR count). The monoisotopic (exact) mass is 179 g/mol. The van der Waals surface area contributed by atoms with Gasteiger partial charge in [0.2, 0.25) is 0 Å². The van der Waals surface area contributed by atoms with Gasteiger partial charge in [0.05, 0.1) is 10.5 Å². The maximum atomic E-state index is 6.11. The normalized spacial score (nSPS) is 10.9. The van der Waals surface area contributed by atoms with Gasteiger partial charge in [-0.1, -0.05) is 23.7 Å². The molecule has 2 aromatic rings. The van der Waals surface area contributed by atoms with Crippen molar-refractivity contribution >= 4 is 22.5 Å². The highest BCUT2D eigenvalue weighted by molar-refractivity contribution is 6.35. The molecule has 0 aliphatic carbocycles. The molecule has 0 atom stereocenters. The number of benzene rings is 1. The average Bonchev–Trinajstić information content (AvgIpc) is 2.39. The van der Waals surface area contributed by atoms with Crippen LogP contribution in [-0.4, -0.2) is 4.98 Å². The zero-order chi connectivity index (χ0) is 8.72. The first-order valence-corrected chi connectivity index (χ1v) is 4.30. The van der Waals surface area contributed by atoms with Gasteiger partial charge in [-0.25, -0.2) is 0 Å². The van der Waals surface area contributed by atoms with Gasteiger partial charge in [-0.05, 0) is 25.5 Å². The zero-order valence-electron chi connectivity index (χ0n) is 7.11. The van der Waals surface area contributed by atoms with Crippen LogP contribution in [0.2, 0.25) is 5.02 Å². The Kier molecular flexibility index (Phi) is 1.62. The van der Waals surface area contributed by atoms with Crippen LogP contribution in [0.4, 0.5) is 0 Å². The van der Waals surface area contributed by atoms with Crippen molar-refractivity contribution in [3.63, 3.8) is 0 Å². The summed E-state index contributed by atoms with van der Waals surface area (Å²) in [6, 6.07) is 6.22. The van der Waals surface area contributed by atoms with Gasteiger partial charge in [-0.15, -0.1) is 0 Å². The molecule has 0 saturated heterocycles. The van der Waals surface area contributed by atoms with E-state index in [-0.39, 0.29) is 0 Å². The van der Waals surface area contributed by atoms with Crippen molar-refractivity contribution in [1.82, 2.24) is 4.98 Å². The molecule has 0 aliphatic rings. The second kappa shape index (κ2) is 2.53. The summed E-state index contributed by atoms with van der Waals surface area (Å²) in [5.74, 6) is 0. The molecular formula is C10H10ClN. The summed E-state index contributed by atoms with van der Waals surface area (Å²) in [5.41, 5.74) is 3.32. The van der Waals surface area contributed by atoms with Gasteiger partial charge in [-0.2, -0.15) is 0 Å². The molecule has 1 nitrogen and oxygen atoms in total. The second-order valence-corrected chi connectivity index (χ2v) is 3.49. The Bertz CT molecular complexity index is 429. The van der Waals surface area contributed by atoms with Crippen LogP contribution in [-0.2, 0) is 0 Å². The Labute approximate surface area is 76.4 Å². The van der Waals surface area contributed by atoms with Gasteiger partial charge in [0.15, 0.2) is 0 Å². The van der Waals surface area contributed by atoms with Gasteiger partial charge >= 0.3 is 0 Å². The fraction of sp³-hybridized carbons (Fsp3) is 0.200. The fourth-order valence-electron chi connectivity index (χ4n) is 1.41. The zero-order valence-corrected chi connectivity index (χ0v) is 7.87. The quantitative estimate of drug-likeness (QED) is 0.638. The van der Waals surface area contributed by atoms with E-state index >= 15 is 0 Å². The summed E-state index contributed by atoms with van der Waals surface area (Å²) in [5, 5.41) is 2.02. The summed E-state index contributed by atoms with van der Waals surface area (Å²) >= 11 is 6.11. The average molecular weight is 180 g/mol. The van der Waals surface area contributed by atoms with Crippen LogP contribution in [0.5, 0.6) is 0 Å². The van der Waals surface area contributed by atoms with E-state index in [0.717, 1.165) is 21.8 Å². The number of hydrogen-bond acceptors (Lipinski definition) is 0. The molecule has 0 saturated carbocycles. The third kappa shape index (κ3) is 1.01. The summed E-state index contributed by atoms with van der Waals surface area (Å²) < 4.78 is 0. The van der Waals surface area contributed by atoms with Crippen molar-refractivity contribution in [2.24, 2.45) is 0 Å². The van der Waals surface area contributed by atoms with Gasteiger partial charge in [0, 0.05) is 11.1 Å². The Hall–Kier alpha value is -0.950. The van der Waals surface area contributed by atoms with Crippen molar-refractivity contribution in [2.45, 2.75) is 13.8 Å². The van der Waals surface area contributed by atoms with Crippen LogP contribution >= 0.6 is 11.6 Å². The molecule has 0 amide bonds. The van der Waals surface area contributed by atoms with Crippen LogP contribution in [0.3, 0.4) is 0 Å². The van der Waals surface area contributed by atoms with Crippen molar-refractivity contribution in [2.75, 3.05) is 0 Å². The first-order valence-electron chi connectivity index (χ1n) is 3.93. The van der Waals surface area contributed by atoms with Crippen LogP contribution in [0.1, 0.15) is 11.3 Å².